The largest absolute Gasteiger partial charge is 0.451 e. The lowest BCUT2D eigenvalue weighted by atomic mass is 10.2. The molecule has 0 saturated carbocycles. The molecular formula is C16H10INO3. The van der Waals surface area contributed by atoms with Crippen LogP contribution in [0.1, 0.15) is 11.3 Å². The Labute approximate surface area is 135 Å². The van der Waals surface area contributed by atoms with Gasteiger partial charge in [-0.1, -0.05) is 24.3 Å². The Bertz CT molecular complexity index is 757. The summed E-state index contributed by atoms with van der Waals surface area (Å²) in [6.45, 7) is 0. The second-order valence-corrected chi connectivity index (χ2v) is 5.29. The van der Waals surface area contributed by atoms with Gasteiger partial charge in [0.25, 0.3) is 0 Å². The maximum atomic E-state index is 11.7. The zero-order valence-corrected chi connectivity index (χ0v) is 13.0. The molecule has 0 fully saturated rings. The average Bonchev–Trinajstić information content (AvgIpc) is 3.07. The van der Waals surface area contributed by atoms with Crippen molar-refractivity contribution in [3.05, 3.63) is 75.4 Å². The van der Waals surface area contributed by atoms with Crippen LogP contribution < -0.4 is 0 Å². The molecule has 0 bridgehead atoms. The second-order valence-electron chi connectivity index (χ2n) is 4.23. The number of hydrogen-bond acceptors (Lipinski definition) is 4. The predicted molar refractivity (Wildman–Crippen MR) is 87.6 cm³/mol. The number of carbonyl (C=O) groups excluding carboxylic acids is 1. The Morgan fingerprint density at radius 3 is 2.62 bits per heavy atom. The molecule has 5 heteroatoms. The molecule has 21 heavy (non-hydrogen) atoms. The first-order valence-corrected chi connectivity index (χ1v) is 7.30. The van der Waals surface area contributed by atoms with Crippen LogP contribution in [0.25, 0.3) is 6.08 Å². The van der Waals surface area contributed by atoms with Gasteiger partial charge in [0.1, 0.15) is 5.76 Å². The molecule has 0 amide bonds. The van der Waals surface area contributed by atoms with Crippen LogP contribution in [0.5, 0.6) is 0 Å². The van der Waals surface area contributed by atoms with Crippen molar-refractivity contribution in [1.29, 1.82) is 0 Å². The Hall–Kier alpha value is -2.15. The van der Waals surface area contributed by atoms with Gasteiger partial charge in [-0.2, -0.15) is 0 Å². The van der Waals surface area contributed by atoms with Crippen molar-refractivity contribution in [3.8, 4) is 0 Å². The molecule has 0 unspecified atom stereocenters. The zero-order valence-electron chi connectivity index (χ0n) is 10.8. The molecule has 0 atom stereocenters. The third-order valence-corrected chi connectivity index (χ3v) is 3.33. The molecule has 1 aromatic heterocycles. The van der Waals surface area contributed by atoms with E-state index in [1.807, 2.05) is 42.5 Å². The smallest absolute Gasteiger partial charge is 0.363 e. The minimum atomic E-state index is -0.451. The number of furan rings is 1. The SMILES string of the molecule is O=C1OC(c2ccccc2)=N/C1=C/C=C/c1ccc(I)o1. The molecule has 4 nitrogen and oxygen atoms in total. The quantitative estimate of drug-likeness (QED) is 0.455. The Kier molecular flexibility index (Phi) is 4.01. The molecule has 1 aromatic carbocycles. The summed E-state index contributed by atoms with van der Waals surface area (Å²) in [5.41, 5.74) is 1.05. The van der Waals surface area contributed by atoms with Gasteiger partial charge in [0.2, 0.25) is 5.90 Å². The fourth-order valence-corrected chi connectivity index (χ4v) is 2.21. The van der Waals surface area contributed by atoms with E-state index in [2.05, 4.69) is 27.6 Å². The zero-order chi connectivity index (χ0) is 14.7. The highest BCUT2D eigenvalue weighted by atomic mass is 127. The molecule has 2 heterocycles. The maximum absolute atomic E-state index is 11.7. The van der Waals surface area contributed by atoms with E-state index in [1.165, 1.54) is 0 Å². The first kappa shape index (κ1) is 13.8. The Morgan fingerprint density at radius 2 is 1.90 bits per heavy atom. The molecular weight excluding hydrogens is 381 g/mol. The number of ether oxygens (including phenoxy) is 1. The van der Waals surface area contributed by atoms with E-state index in [1.54, 1.807) is 18.2 Å². The third kappa shape index (κ3) is 3.30. The highest BCUT2D eigenvalue weighted by Crippen LogP contribution is 2.17. The van der Waals surface area contributed by atoms with E-state index in [0.717, 1.165) is 15.1 Å². The fourth-order valence-electron chi connectivity index (χ4n) is 1.78. The Morgan fingerprint density at radius 1 is 1.10 bits per heavy atom. The van der Waals surface area contributed by atoms with E-state index in [-0.39, 0.29) is 5.70 Å². The van der Waals surface area contributed by atoms with Crippen LogP contribution in [-0.2, 0) is 9.53 Å². The number of esters is 1. The molecule has 0 radical (unpaired) electrons. The summed E-state index contributed by atoms with van der Waals surface area (Å²) in [5, 5.41) is 0. The maximum Gasteiger partial charge on any atom is 0.363 e. The highest BCUT2D eigenvalue weighted by molar-refractivity contribution is 14.1. The molecule has 2 aromatic rings. The molecule has 0 aliphatic carbocycles. The summed E-state index contributed by atoms with van der Waals surface area (Å²) < 4.78 is 11.3. The van der Waals surface area contributed by atoms with Gasteiger partial charge < -0.3 is 9.15 Å². The predicted octanol–water partition coefficient (Wildman–Crippen LogP) is 3.78. The van der Waals surface area contributed by atoms with E-state index >= 15 is 0 Å². The van der Waals surface area contributed by atoms with E-state index in [0.29, 0.717) is 5.90 Å². The van der Waals surface area contributed by atoms with Crippen LogP contribution in [0.4, 0.5) is 0 Å². The number of hydrogen-bond donors (Lipinski definition) is 0. The minimum absolute atomic E-state index is 0.270. The molecule has 3 rings (SSSR count). The van der Waals surface area contributed by atoms with Crippen LogP contribution >= 0.6 is 22.6 Å². The summed E-state index contributed by atoms with van der Waals surface area (Å²) in [4.78, 5) is 15.9. The number of nitrogens with zero attached hydrogens (tertiary/aromatic N) is 1. The fraction of sp³-hybridized carbons (Fsp3) is 0. The normalized spacial score (nSPS) is 16.5. The monoisotopic (exact) mass is 391 g/mol. The van der Waals surface area contributed by atoms with E-state index < -0.39 is 5.97 Å². The number of allylic oxidation sites excluding steroid dienone is 2. The van der Waals surface area contributed by atoms with Gasteiger partial charge >= 0.3 is 5.97 Å². The van der Waals surface area contributed by atoms with Crippen LogP contribution in [0.2, 0.25) is 0 Å². The van der Waals surface area contributed by atoms with E-state index in [4.69, 9.17) is 9.15 Å². The van der Waals surface area contributed by atoms with Gasteiger partial charge in [0.15, 0.2) is 9.46 Å². The van der Waals surface area contributed by atoms with Crippen LogP contribution in [0, 0.1) is 3.77 Å². The summed E-state index contributed by atoms with van der Waals surface area (Å²) in [7, 11) is 0. The molecule has 0 spiro atoms. The van der Waals surface area contributed by atoms with E-state index in [9.17, 15) is 4.79 Å². The topological polar surface area (TPSA) is 51.8 Å². The first-order chi connectivity index (χ1) is 10.2. The summed E-state index contributed by atoms with van der Waals surface area (Å²) in [6.07, 6.45) is 5.08. The number of aliphatic imine (C=N–C) groups is 1. The van der Waals surface area contributed by atoms with Crippen LogP contribution in [0.15, 0.2) is 69.7 Å². The van der Waals surface area contributed by atoms with Gasteiger partial charge in [-0.3, -0.25) is 0 Å². The molecule has 0 saturated heterocycles. The van der Waals surface area contributed by atoms with Crippen molar-refractivity contribution in [2.75, 3.05) is 0 Å². The number of carbonyl (C=O) groups is 1. The van der Waals surface area contributed by atoms with Crippen LogP contribution in [0.3, 0.4) is 0 Å². The minimum Gasteiger partial charge on any atom is -0.451 e. The number of benzene rings is 1. The number of rotatable bonds is 3. The van der Waals surface area contributed by atoms with Crippen molar-refractivity contribution in [2.45, 2.75) is 0 Å². The number of cyclic esters (lactones) is 1. The first-order valence-electron chi connectivity index (χ1n) is 6.22. The number of halogens is 1. The van der Waals surface area contributed by atoms with Crippen molar-refractivity contribution in [3.63, 3.8) is 0 Å². The summed E-state index contributed by atoms with van der Waals surface area (Å²) in [5.74, 6) is 0.593. The van der Waals surface area contributed by atoms with Gasteiger partial charge in [-0.25, -0.2) is 9.79 Å². The lowest BCUT2D eigenvalue weighted by Gasteiger charge is -1.97. The lowest BCUT2D eigenvalue weighted by Crippen LogP contribution is -2.04. The van der Waals surface area contributed by atoms with Crippen molar-refractivity contribution >= 4 is 40.5 Å². The molecule has 104 valence electrons. The van der Waals surface area contributed by atoms with Crippen molar-refractivity contribution in [2.24, 2.45) is 4.99 Å². The van der Waals surface area contributed by atoms with Gasteiger partial charge in [0.05, 0.1) is 0 Å². The standard InChI is InChI=1S/C16H10INO3/c17-14-10-9-12(20-14)7-4-8-13-16(19)21-15(18-13)11-5-2-1-3-6-11/h1-10H/b7-4+,13-8+. The summed E-state index contributed by atoms with van der Waals surface area (Å²) >= 11 is 2.09. The van der Waals surface area contributed by atoms with Crippen molar-refractivity contribution in [1.82, 2.24) is 0 Å². The van der Waals surface area contributed by atoms with Gasteiger partial charge in [-0.05, 0) is 59.0 Å². The Balaban J connectivity index is 1.79. The van der Waals surface area contributed by atoms with Crippen LogP contribution in [-0.4, -0.2) is 11.9 Å². The molecule has 1 aliphatic heterocycles. The second kappa shape index (κ2) is 6.09. The van der Waals surface area contributed by atoms with Crippen molar-refractivity contribution < 1.29 is 13.9 Å². The molecule has 0 N–H and O–H groups in total. The average molecular weight is 391 g/mol. The highest BCUT2D eigenvalue weighted by Gasteiger charge is 2.23. The van der Waals surface area contributed by atoms with Gasteiger partial charge in [0, 0.05) is 5.56 Å². The third-order valence-electron chi connectivity index (χ3n) is 2.75. The summed E-state index contributed by atoms with van der Waals surface area (Å²) in [6, 6.07) is 13.0. The lowest BCUT2D eigenvalue weighted by molar-refractivity contribution is -0.130. The van der Waals surface area contributed by atoms with Gasteiger partial charge in [-0.15, -0.1) is 0 Å². The molecule has 1 aliphatic rings.